The van der Waals surface area contributed by atoms with E-state index < -0.39 is 5.97 Å². The predicted octanol–water partition coefficient (Wildman–Crippen LogP) is 4.10. The topological polar surface area (TPSA) is 52.3 Å². The smallest absolute Gasteiger partial charge is 0.340 e. The molecule has 0 aliphatic rings. The highest BCUT2D eigenvalue weighted by Gasteiger charge is 2.12. The molecule has 94 valence electrons. The molecule has 2 aromatic rings. The Kier molecular flexibility index (Phi) is 4.27. The summed E-state index contributed by atoms with van der Waals surface area (Å²) >= 11 is 10.7. The van der Waals surface area contributed by atoms with E-state index in [1.165, 1.54) is 17.4 Å². The fourth-order valence-electron chi connectivity index (χ4n) is 1.35. The highest BCUT2D eigenvalue weighted by molar-refractivity contribution is 9.10. The fraction of sp³-hybridized carbons (Fsp3) is 0.0833. The van der Waals surface area contributed by atoms with Crippen LogP contribution in [0, 0.1) is 0 Å². The number of carbonyl (C=O) groups excluding carboxylic acids is 1. The number of anilines is 1. The Labute approximate surface area is 122 Å². The zero-order chi connectivity index (χ0) is 13.1. The van der Waals surface area contributed by atoms with Crippen LogP contribution in [0.5, 0.6) is 0 Å². The lowest BCUT2D eigenvalue weighted by Crippen LogP contribution is -2.07. The number of esters is 1. The van der Waals surface area contributed by atoms with Crippen molar-refractivity contribution in [2.75, 3.05) is 5.73 Å². The summed E-state index contributed by atoms with van der Waals surface area (Å²) < 4.78 is 6.15. The first kappa shape index (κ1) is 13.4. The van der Waals surface area contributed by atoms with Gasteiger partial charge in [0.05, 0.1) is 5.56 Å². The normalized spacial score (nSPS) is 10.3. The third-order valence-electron chi connectivity index (χ3n) is 2.20. The summed E-state index contributed by atoms with van der Waals surface area (Å²) in [5, 5.41) is 2.38. The van der Waals surface area contributed by atoms with E-state index in [4.69, 9.17) is 22.1 Å². The molecule has 0 bridgehead atoms. The molecule has 0 amide bonds. The Balaban J connectivity index is 2.05. The Morgan fingerprint density at radius 3 is 2.89 bits per heavy atom. The number of hydrogen-bond donors (Lipinski definition) is 1. The second-order valence-corrected chi connectivity index (χ2v) is 5.89. The van der Waals surface area contributed by atoms with Crippen molar-refractivity contribution >= 4 is 50.5 Å². The van der Waals surface area contributed by atoms with Gasteiger partial charge in [0.15, 0.2) is 0 Å². The number of carbonyl (C=O) groups is 1. The molecule has 0 fully saturated rings. The van der Waals surface area contributed by atoms with Crippen LogP contribution >= 0.6 is 38.9 Å². The van der Waals surface area contributed by atoms with Crippen molar-refractivity contribution in [2.24, 2.45) is 0 Å². The number of rotatable bonds is 3. The van der Waals surface area contributed by atoms with Gasteiger partial charge in [-0.15, -0.1) is 11.3 Å². The third kappa shape index (κ3) is 3.25. The van der Waals surface area contributed by atoms with E-state index in [2.05, 4.69) is 15.9 Å². The maximum absolute atomic E-state index is 11.8. The van der Waals surface area contributed by atoms with Gasteiger partial charge in [-0.1, -0.05) is 11.6 Å². The molecule has 0 spiro atoms. The Morgan fingerprint density at radius 1 is 1.44 bits per heavy atom. The number of nitrogens with two attached hydrogens (primary N) is 1. The van der Waals surface area contributed by atoms with Gasteiger partial charge in [-0.25, -0.2) is 4.79 Å². The van der Waals surface area contributed by atoms with E-state index in [1.54, 1.807) is 12.1 Å². The lowest BCUT2D eigenvalue weighted by atomic mass is 10.2. The van der Waals surface area contributed by atoms with E-state index in [0.717, 1.165) is 9.35 Å². The van der Waals surface area contributed by atoms with Crippen LogP contribution in [0.1, 0.15) is 15.2 Å². The number of thiophene rings is 1. The van der Waals surface area contributed by atoms with Crippen molar-refractivity contribution in [3.63, 3.8) is 0 Å². The SMILES string of the molecule is Nc1ccc(Cl)cc1C(=O)OCc1cc(Br)cs1. The van der Waals surface area contributed by atoms with Crippen molar-refractivity contribution in [1.82, 2.24) is 0 Å². The zero-order valence-electron chi connectivity index (χ0n) is 9.15. The van der Waals surface area contributed by atoms with E-state index in [1.807, 2.05) is 11.4 Å². The number of halogens is 2. The molecule has 6 heteroatoms. The van der Waals surface area contributed by atoms with Gasteiger partial charge >= 0.3 is 5.97 Å². The molecular weight excluding hydrogens is 338 g/mol. The molecule has 0 unspecified atom stereocenters. The van der Waals surface area contributed by atoms with Crippen LogP contribution in [0.25, 0.3) is 0 Å². The first-order chi connectivity index (χ1) is 8.56. The van der Waals surface area contributed by atoms with Crippen LogP contribution in [0.3, 0.4) is 0 Å². The summed E-state index contributed by atoms with van der Waals surface area (Å²) in [6, 6.07) is 6.62. The standard InChI is InChI=1S/C12H9BrClNO2S/c13-7-3-9(18-6-7)5-17-12(16)10-4-8(14)1-2-11(10)15/h1-4,6H,5,15H2. The van der Waals surface area contributed by atoms with E-state index in [-0.39, 0.29) is 12.2 Å². The van der Waals surface area contributed by atoms with E-state index in [0.29, 0.717) is 10.7 Å². The maximum atomic E-state index is 11.8. The summed E-state index contributed by atoms with van der Waals surface area (Å²) in [4.78, 5) is 12.8. The minimum atomic E-state index is -0.473. The van der Waals surface area contributed by atoms with E-state index in [9.17, 15) is 4.79 Å². The van der Waals surface area contributed by atoms with Crippen LogP contribution in [0.15, 0.2) is 34.1 Å². The molecule has 18 heavy (non-hydrogen) atoms. The molecule has 0 atom stereocenters. The summed E-state index contributed by atoms with van der Waals surface area (Å²) in [6.07, 6.45) is 0. The van der Waals surface area contributed by atoms with Crippen LogP contribution in [0.4, 0.5) is 5.69 Å². The molecule has 1 aromatic carbocycles. The van der Waals surface area contributed by atoms with Gasteiger partial charge in [-0.2, -0.15) is 0 Å². The molecule has 2 N–H and O–H groups in total. The molecular formula is C12H9BrClNO2S. The number of hydrogen-bond acceptors (Lipinski definition) is 4. The first-order valence-electron chi connectivity index (χ1n) is 5.01. The Bertz CT molecular complexity index is 585. The zero-order valence-corrected chi connectivity index (χ0v) is 12.3. The van der Waals surface area contributed by atoms with Crippen molar-refractivity contribution < 1.29 is 9.53 Å². The number of nitrogen functional groups attached to an aromatic ring is 1. The second-order valence-electron chi connectivity index (χ2n) is 3.54. The van der Waals surface area contributed by atoms with Crippen molar-refractivity contribution in [3.05, 3.63) is 49.6 Å². The van der Waals surface area contributed by atoms with Gasteiger partial charge < -0.3 is 10.5 Å². The molecule has 0 aliphatic heterocycles. The summed E-state index contributed by atoms with van der Waals surface area (Å²) in [6.45, 7) is 0.223. The quantitative estimate of drug-likeness (QED) is 0.672. The highest BCUT2D eigenvalue weighted by atomic mass is 79.9. The molecule has 0 radical (unpaired) electrons. The fourth-order valence-corrected chi connectivity index (χ4v) is 2.88. The lowest BCUT2D eigenvalue weighted by Gasteiger charge is -2.06. The van der Waals surface area contributed by atoms with Crippen molar-refractivity contribution in [2.45, 2.75) is 6.61 Å². The largest absolute Gasteiger partial charge is 0.456 e. The number of benzene rings is 1. The summed E-state index contributed by atoms with van der Waals surface area (Å²) in [5.74, 6) is -0.473. The van der Waals surface area contributed by atoms with Gasteiger partial charge in [-0.3, -0.25) is 0 Å². The molecule has 0 aliphatic carbocycles. The summed E-state index contributed by atoms with van der Waals surface area (Å²) in [5.41, 5.74) is 6.35. The van der Waals surface area contributed by atoms with Crippen molar-refractivity contribution in [3.8, 4) is 0 Å². The molecule has 0 saturated carbocycles. The van der Waals surface area contributed by atoms with Crippen LogP contribution in [-0.2, 0) is 11.3 Å². The Morgan fingerprint density at radius 2 is 2.22 bits per heavy atom. The van der Waals surface area contributed by atoms with Gasteiger partial charge in [0.2, 0.25) is 0 Å². The van der Waals surface area contributed by atoms with Gasteiger partial charge in [0.1, 0.15) is 6.61 Å². The van der Waals surface area contributed by atoms with Gasteiger partial charge in [-0.05, 0) is 40.2 Å². The van der Waals surface area contributed by atoms with E-state index >= 15 is 0 Å². The van der Waals surface area contributed by atoms with Gasteiger partial charge in [0, 0.05) is 25.4 Å². The minimum absolute atomic E-state index is 0.223. The molecule has 3 nitrogen and oxygen atoms in total. The average molecular weight is 347 g/mol. The maximum Gasteiger partial charge on any atom is 0.340 e. The van der Waals surface area contributed by atoms with Crippen LogP contribution < -0.4 is 5.73 Å². The minimum Gasteiger partial charge on any atom is -0.456 e. The van der Waals surface area contributed by atoms with Gasteiger partial charge in [0.25, 0.3) is 0 Å². The van der Waals surface area contributed by atoms with Crippen LogP contribution in [0.2, 0.25) is 5.02 Å². The first-order valence-corrected chi connectivity index (χ1v) is 7.06. The molecule has 1 heterocycles. The predicted molar refractivity (Wildman–Crippen MR) is 77.0 cm³/mol. The van der Waals surface area contributed by atoms with Crippen LogP contribution in [-0.4, -0.2) is 5.97 Å². The molecule has 1 aromatic heterocycles. The molecule has 0 saturated heterocycles. The summed E-state index contributed by atoms with van der Waals surface area (Å²) in [7, 11) is 0. The monoisotopic (exact) mass is 345 g/mol. The average Bonchev–Trinajstić information content (AvgIpc) is 2.75. The number of ether oxygens (including phenoxy) is 1. The second kappa shape index (κ2) is 5.73. The highest BCUT2D eigenvalue weighted by Crippen LogP contribution is 2.22. The Hall–Kier alpha value is -1.04. The third-order valence-corrected chi connectivity index (χ3v) is 4.11. The van der Waals surface area contributed by atoms with Crippen molar-refractivity contribution in [1.29, 1.82) is 0 Å². The molecule has 2 rings (SSSR count). The lowest BCUT2D eigenvalue weighted by molar-refractivity contribution is 0.0478.